The average molecular weight is 302 g/mol. The van der Waals surface area contributed by atoms with Gasteiger partial charge in [0.2, 0.25) is 5.91 Å². The first kappa shape index (κ1) is 14.2. The van der Waals surface area contributed by atoms with E-state index in [1.807, 2.05) is 0 Å². The van der Waals surface area contributed by atoms with E-state index in [-0.39, 0.29) is 11.9 Å². The number of carbonyl (C=O) groups is 1. The maximum Gasteiger partial charge on any atom is 0.220 e. The van der Waals surface area contributed by atoms with Crippen LogP contribution in [-0.4, -0.2) is 27.2 Å². The molecule has 1 N–H and O–H groups in total. The molecule has 0 radical (unpaired) electrons. The molecule has 22 heavy (non-hydrogen) atoms. The van der Waals surface area contributed by atoms with Gasteiger partial charge >= 0.3 is 0 Å². The van der Waals surface area contributed by atoms with Crippen LogP contribution in [0.15, 0.2) is 12.7 Å². The molecule has 4 aliphatic carbocycles. The second-order valence-electron chi connectivity index (χ2n) is 8.12. The maximum atomic E-state index is 12.4. The molecule has 4 saturated carbocycles. The summed E-state index contributed by atoms with van der Waals surface area (Å²) >= 11 is 0. The van der Waals surface area contributed by atoms with Crippen molar-refractivity contribution in [1.82, 2.24) is 20.1 Å². The van der Waals surface area contributed by atoms with Gasteiger partial charge in [0, 0.05) is 13.0 Å². The van der Waals surface area contributed by atoms with Crippen molar-refractivity contribution in [3.63, 3.8) is 0 Å². The predicted octanol–water partition coefficient (Wildman–Crippen LogP) is 2.56. The van der Waals surface area contributed by atoms with Crippen LogP contribution in [0.4, 0.5) is 0 Å². The topological polar surface area (TPSA) is 59.8 Å². The van der Waals surface area contributed by atoms with E-state index in [4.69, 9.17) is 0 Å². The maximum absolute atomic E-state index is 12.4. The summed E-state index contributed by atoms with van der Waals surface area (Å²) in [6.45, 7) is 2.69. The number of carbonyl (C=O) groups excluding carboxylic acids is 1. The predicted molar refractivity (Wildman–Crippen MR) is 83.0 cm³/mol. The highest BCUT2D eigenvalue weighted by atomic mass is 16.1. The molecule has 5 rings (SSSR count). The monoisotopic (exact) mass is 302 g/mol. The molecule has 0 spiro atoms. The van der Waals surface area contributed by atoms with E-state index >= 15 is 0 Å². The van der Waals surface area contributed by atoms with E-state index < -0.39 is 0 Å². The summed E-state index contributed by atoms with van der Waals surface area (Å²) in [4.78, 5) is 16.4. The Balaban J connectivity index is 1.32. The van der Waals surface area contributed by atoms with Crippen LogP contribution >= 0.6 is 0 Å². The van der Waals surface area contributed by atoms with Crippen LogP contribution < -0.4 is 5.32 Å². The molecule has 120 valence electrons. The molecule has 5 nitrogen and oxygen atoms in total. The van der Waals surface area contributed by atoms with Crippen molar-refractivity contribution in [2.45, 2.75) is 57.9 Å². The number of nitrogens with one attached hydrogen (secondary N) is 1. The van der Waals surface area contributed by atoms with E-state index in [1.54, 1.807) is 11.0 Å². The van der Waals surface area contributed by atoms with Gasteiger partial charge in [-0.05, 0) is 68.6 Å². The van der Waals surface area contributed by atoms with Crippen molar-refractivity contribution < 1.29 is 4.79 Å². The van der Waals surface area contributed by atoms with Gasteiger partial charge in [-0.25, -0.2) is 9.67 Å². The Morgan fingerprint density at radius 3 is 2.45 bits per heavy atom. The van der Waals surface area contributed by atoms with Gasteiger partial charge in [0.15, 0.2) is 0 Å². The summed E-state index contributed by atoms with van der Waals surface area (Å²) in [5.74, 6) is 2.96. The van der Waals surface area contributed by atoms with Crippen molar-refractivity contribution >= 4 is 5.91 Å². The Bertz CT molecular complexity index is 504. The molecular formula is C17H26N4O. The first-order valence-corrected chi connectivity index (χ1v) is 8.73. The average Bonchev–Trinajstić information content (AvgIpc) is 2.97. The lowest BCUT2D eigenvalue weighted by molar-refractivity contribution is -0.129. The van der Waals surface area contributed by atoms with Crippen molar-refractivity contribution in [2.75, 3.05) is 6.54 Å². The van der Waals surface area contributed by atoms with Gasteiger partial charge < -0.3 is 5.32 Å². The molecule has 5 heteroatoms. The van der Waals surface area contributed by atoms with E-state index in [2.05, 4.69) is 22.3 Å². The summed E-state index contributed by atoms with van der Waals surface area (Å²) in [7, 11) is 0. The highest BCUT2D eigenvalue weighted by Crippen LogP contribution is 2.61. The minimum absolute atomic E-state index is 0.155. The first-order valence-electron chi connectivity index (χ1n) is 8.73. The standard InChI is InChI=1S/C17H26N4O/c1-12(21-11-18-10-20-21)9-19-16(22)8-17-5-13-2-14(6-17)4-15(3-13)7-17/h10-15H,2-9H2,1H3,(H,19,22)/t12-,13?,14?,15?,17?/m1/s1. The second kappa shape index (κ2) is 5.36. The molecule has 1 aromatic rings. The van der Waals surface area contributed by atoms with Crippen LogP contribution in [0.5, 0.6) is 0 Å². The Kier molecular flexibility index (Phi) is 3.46. The Morgan fingerprint density at radius 2 is 1.91 bits per heavy atom. The fourth-order valence-corrected chi connectivity index (χ4v) is 5.71. The van der Waals surface area contributed by atoms with Gasteiger partial charge in [0.05, 0.1) is 6.04 Å². The normalized spacial score (nSPS) is 37.2. The van der Waals surface area contributed by atoms with Gasteiger partial charge in [0.1, 0.15) is 12.7 Å². The van der Waals surface area contributed by atoms with Crippen molar-refractivity contribution in [1.29, 1.82) is 0 Å². The molecule has 1 amide bonds. The lowest BCUT2D eigenvalue weighted by Gasteiger charge is -2.56. The fourth-order valence-electron chi connectivity index (χ4n) is 5.71. The highest BCUT2D eigenvalue weighted by Gasteiger charge is 2.51. The third-order valence-electron chi connectivity index (χ3n) is 6.18. The fraction of sp³-hybridized carbons (Fsp3) is 0.824. The Morgan fingerprint density at radius 1 is 1.27 bits per heavy atom. The quantitative estimate of drug-likeness (QED) is 0.909. The second-order valence-corrected chi connectivity index (χ2v) is 8.12. The summed E-state index contributed by atoms with van der Waals surface area (Å²) in [6, 6.07) is 0.155. The van der Waals surface area contributed by atoms with E-state index in [9.17, 15) is 4.79 Å². The smallest absolute Gasteiger partial charge is 0.220 e. The summed E-state index contributed by atoms with van der Waals surface area (Å²) in [5, 5.41) is 7.25. The molecule has 0 aromatic carbocycles. The molecule has 1 heterocycles. The minimum atomic E-state index is 0.155. The van der Waals surface area contributed by atoms with Crippen molar-refractivity contribution in [3.8, 4) is 0 Å². The Labute approximate surface area is 131 Å². The van der Waals surface area contributed by atoms with Crippen LogP contribution in [0.2, 0.25) is 0 Å². The van der Waals surface area contributed by atoms with Crippen molar-refractivity contribution in [2.24, 2.45) is 23.2 Å². The zero-order valence-electron chi connectivity index (χ0n) is 13.4. The van der Waals surface area contributed by atoms with Crippen molar-refractivity contribution in [3.05, 3.63) is 12.7 Å². The lowest BCUT2D eigenvalue weighted by Crippen LogP contribution is -2.48. The van der Waals surface area contributed by atoms with Gasteiger partial charge in [-0.3, -0.25) is 4.79 Å². The number of aromatic nitrogens is 3. The molecule has 1 atom stereocenters. The summed E-state index contributed by atoms with van der Waals surface area (Å²) in [6.07, 6.45) is 12.2. The van der Waals surface area contributed by atoms with Gasteiger partial charge in [-0.1, -0.05) is 0 Å². The number of amides is 1. The lowest BCUT2D eigenvalue weighted by atomic mass is 9.49. The third-order valence-corrected chi connectivity index (χ3v) is 6.18. The minimum Gasteiger partial charge on any atom is -0.354 e. The van der Waals surface area contributed by atoms with Gasteiger partial charge in [0.25, 0.3) is 0 Å². The number of hydrogen-bond acceptors (Lipinski definition) is 3. The van der Waals surface area contributed by atoms with Gasteiger partial charge in [-0.2, -0.15) is 5.10 Å². The Hall–Kier alpha value is -1.39. The molecule has 0 saturated heterocycles. The van der Waals surface area contributed by atoms with E-state index in [1.165, 1.54) is 44.9 Å². The first-order chi connectivity index (χ1) is 10.6. The molecule has 4 bridgehead atoms. The van der Waals surface area contributed by atoms with Crippen LogP contribution in [0.3, 0.4) is 0 Å². The number of nitrogens with zero attached hydrogens (tertiary/aromatic N) is 3. The highest BCUT2D eigenvalue weighted by molar-refractivity contribution is 5.76. The van der Waals surface area contributed by atoms with E-state index in [0.29, 0.717) is 12.0 Å². The SMILES string of the molecule is C[C@H](CNC(=O)CC12CC3CC(CC(C3)C1)C2)n1cncn1. The van der Waals surface area contributed by atoms with Crippen LogP contribution in [0, 0.1) is 23.2 Å². The van der Waals surface area contributed by atoms with Crippen LogP contribution in [-0.2, 0) is 4.79 Å². The number of hydrogen-bond donors (Lipinski definition) is 1. The summed E-state index contributed by atoms with van der Waals surface area (Å²) in [5.41, 5.74) is 0.329. The zero-order chi connectivity index (χ0) is 15.2. The largest absolute Gasteiger partial charge is 0.354 e. The molecule has 0 unspecified atom stereocenters. The zero-order valence-corrected chi connectivity index (χ0v) is 13.4. The molecule has 0 aliphatic heterocycles. The van der Waals surface area contributed by atoms with Gasteiger partial charge in [-0.15, -0.1) is 0 Å². The third kappa shape index (κ3) is 2.66. The van der Waals surface area contributed by atoms with E-state index in [0.717, 1.165) is 24.2 Å². The summed E-state index contributed by atoms with van der Waals surface area (Å²) < 4.78 is 1.80. The number of rotatable bonds is 5. The molecule has 4 aliphatic rings. The molecule has 4 fully saturated rings. The molecule has 1 aromatic heterocycles. The molecular weight excluding hydrogens is 276 g/mol. The van der Waals surface area contributed by atoms with Crippen LogP contribution in [0.1, 0.15) is 57.9 Å². The van der Waals surface area contributed by atoms with Crippen LogP contribution in [0.25, 0.3) is 0 Å².